The molecule has 1 N–H and O–H groups in total. The Balaban J connectivity index is 2.05. The van der Waals surface area contributed by atoms with Crippen molar-refractivity contribution in [2.24, 2.45) is 0 Å². The minimum absolute atomic E-state index is 0.296. The average Bonchev–Trinajstić information content (AvgIpc) is 2.43. The second-order valence-corrected chi connectivity index (χ2v) is 5.95. The number of nitrogens with zero attached hydrogens (tertiary/aromatic N) is 1. The molecule has 1 atom stereocenters. The number of hydrogen-bond donors (Lipinski definition) is 1. The summed E-state index contributed by atoms with van der Waals surface area (Å²) in [7, 11) is 0. The second-order valence-electron chi connectivity index (χ2n) is 5.95. The second kappa shape index (κ2) is 7.06. The summed E-state index contributed by atoms with van der Waals surface area (Å²) in [4.78, 5) is 2.52. The topological polar surface area (TPSA) is 23.5 Å². The molecule has 19 heavy (non-hydrogen) atoms. The Morgan fingerprint density at radius 3 is 2.84 bits per heavy atom. The number of hydrogen-bond acceptors (Lipinski definition) is 2. The molecule has 0 aromatic heterocycles. The minimum Gasteiger partial charge on any atom is -0.396 e. The van der Waals surface area contributed by atoms with Crippen LogP contribution in [-0.4, -0.2) is 35.7 Å². The van der Waals surface area contributed by atoms with Gasteiger partial charge in [-0.1, -0.05) is 24.3 Å². The van der Waals surface area contributed by atoms with Crippen LogP contribution < -0.4 is 0 Å². The first-order chi connectivity index (χ1) is 9.22. The van der Waals surface area contributed by atoms with E-state index < -0.39 is 0 Å². The summed E-state index contributed by atoms with van der Waals surface area (Å²) in [6.07, 6.45) is 4.74. The van der Waals surface area contributed by atoms with Gasteiger partial charge in [-0.15, -0.1) is 0 Å². The Labute approximate surface area is 117 Å². The lowest BCUT2D eigenvalue weighted by atomic mass is 9.82. The summed E-state index contributed by atoms with van der Waals surface area (Å²) in [6, 6.07) is 9.48. The van der Waals surface area contributed by atoms with E-state index in [-0.39, 0.29) is 0 Å². The predicted molar refractivity (Wildman–Crippen MR) is 80.5 cm³/mol. The summed E-state index contributed by atoms with van der Waals surface area (Å²) in [6.45, 7) is 6.95. The van der Waals surface area contributed by atoms with Gasteiger partial charge in [-0.3, -0.25) is 0 Å². The molecule has 1 aromatic carbocycles. The number of benzene rings is 1. The molecule has 1 aliphatic carbocycles. The normalized spacial score (nSPS) is 18.9. The highest BCUT2D eigenvalue weighted by Gasteiger charge is 2.22. The molecule has 106 valence electrons. The fourth-order valence-corrected chi connectivity index (χ4v) is 3.16. The zero-order valence-electron chi connectivity index (χ0n) is 12.3. The summed E-state index contributed by atoms with van der Waals surface area (Å²) in [5.74, 6) is 0.672. The zero-order chi connectivity index (χ0) is 13.7. The van der Waals surface area contributed by atoms with Gasteiger partial charge in [0.25, 0.3) is 0 Å². The van der Waals surface area contributed by atoms with Crippen LogP contribution in [0.3, 0.4) is 0 Å². The number of aliphatic hydroxyl groups excluding tert-OH is 1. The number of rotatable bonds is 6. The molecule has 0 aliphatic heterocycles. The van der Waals surface area contributed by atoms with Crippen molar-refractivity contribution in [2.45, 2.75) is 51.5 Å². The molecule has 0 saturated heterocycles. The molecular formula is C17H27NO. The predicted octanol–water partition coefficient (Wildman–Crippen LogP) is 3.20. The first kappa shape index (κ1) is 14.5. The van der Waals surface area contributed by atoms with Crippen molar-refractivity contribution in [1.82, 2.24) is 4.90 Å². The minimum atomic E-state index is 0.296. The standard InChI is InChI=1S/C17H27NO/c1-14(2)18(11-6-12-19)13-16-9-5-8-15-7-3-4-10-17(15)16/h3-4,7,10,14,16,19H,5-6,8-9,11-13H2,1-2H3. The number of aliphatic hydroxyl groups is 1. The third-order valence-electron chi connectivity index (χ3n) is 4.28. The van der Waals surface area contributed by atoms with Crippen LogP contribution in [0.5, 0.6) is 0 Å². The maximum atomic E-state index is 9.03. The summed E-state index contributed by atoms with van der Waals surface area (Å²) in [5, 5.41) is 9.03. The van der Waals surface area contributed by atoms with E-state index in [9.17, 15) is 0 Å². The van der Waals surface area contributed by atoms with Gasteiger partial charge in [0.15, 0.2) is 0 Å². The molecular weight excluding hydrogens is 234 g/mol. The average molecular weight is 261 g/mol. The Hall–Kier alpha value is -0.860. The Morgan fingerprint density at radius 2 is 2.11 bits per heavy atom. The van der Waals surface area contributed by atoms with E-state index in [0.717, 1.165) is 19.5 Å². The van der Waals surface area contributed by atoms with Crippen molar-refractivity contribution in [2.75, 3.05) is 19.7 Å². The molecule has 0 radical (unpaired) electrons. The van der Waals surface area contributed by atoms with Gasteiger partial charge in [-0.2, -0.15) is 0 Å². The van der Waals surface area contributed by atoms with E-state index in [1.807, 2.05) is 0 Å². The largest absolute Gasteiger partial charge is 0.396 e. The molecule has 0 fully saturated rings. The first-order valence-electron chi connectivity index (χ1n) is 7.65. The van der Waals surface area contributed by atoms with Crippen molar-refractivity contribution < 1.29 is 5.11 Å². The van der Waals surface area contributed by atoms with E-state index in [0.29, 0.717) is 18.6 Å². The smallest absolute Gasteiger partial charge is 0.0443 e. The number of aryl methyl sites for hydroxylation is 1. The van der Waals surface area contributed by atoms with Gasteiger partial charge >= 0.3 is 0 Å². The van der Waals surface area contributed by atoms with Gasteiger partial charge in [-0.25, -0.2) is 0 Å². The van der Waals surface area contributed by atoms with Crippen LogP contribution >= 0.6 is 0 Å². The molecule has 0 saturated carbocycles. The van der Waals surface area contributed by atoms with Gasteiger partial charge in [0.2, 0.25) is 0 Å². The summed E-state index contributed by atoms with van der Waals surface area (Å²) < 4.78 is 0. The molecule has 0 spiro atoms. The molecule has 2 nitrogen and oxygen atoms in total. The van der Waals surface area contributed by atoms with Crippen LogP contribution in [0, 0.1) is 0 Å². The summed E-state index contributed by atoms with van der Waals surface area (Å²) >= 11 is 0. The van der Waals surface area contributed by atoms with Crippen LogP contribution in [0.1, 0.15) is 50.2 Å². The van der Waals surface area contributed by atoms with Crippen LogP contribution in [0.4, 0.5) is 0 Å². The third kappa shape index (κ3) is 3.80. The van der Waals surface area contributed by atoms with E-state index in [4.69, 9.17) is 5.11 Å². The van der Waals surface area contributed by atoms with Crippen LogP contribution in [0.2, 0.25) is 0 Å². The highest BCUT2D eigenvalue weighted by atomic mass is 16.3. The fraction of sp³-hybridized carbons (Fsp3) is 0.647. The maximum absolute atomic E-state index is 9.03. The van der Waals surface area contributed by atoms with Gasteiger partial charge in [-0.05, 0) is 56.6 Å². The Morgan fingerprint density at radius 1 is 1.32 bits per heavy atom. The molecule has 1 aliphatic rings. The lowest BCUT2D eigenvalue weighted by Crippen LogP contribution is -2.36. The van der Waals surface area contributed by atoms with Crippen molar-refractivity contribution in [3.05, 3.63) is 35.4 Å². The lowest BCUT2D eigenvalue weighted by molar-refractivity contribution is 0.178. The maximum Gasteiger partial charge on any atom is 0.0443 e. The van der Waals surface area contributed by atoms with Gasteiger partial charge in [0.1, 0.15) is 0 Å². The van der Waals surface area contributed by atoms with E-state index in [2.05, 4.69) is 43.0 Å². The summed E-state index contributed by atoms with van der Waals surface area (Å²) in [5.41, 5.74) is 3.10. The van der Waals surface area contributed by atoms with Crippen LogP contribution in [0.25, 0.3) is 0 Å². The van der Waals surface area contributed by atoms with Crippen molar-refractivity contribution in [3.63, 3.8) is 0 Å². The quantitative estimate of drug-likeness (QED) is 0.850. The van der Waals surface area contributed by atoms with Crippen molar-refractivity contribution in [3.8, 4) is 0 Å². The van der Waals surface area contributed by atoms with Crippen LogP contribution in [0.15, 0.2) is 24.3 Å². The molecule has 2 rings (SSSR count). The van der Waals surface area contributed by atoms with Gasteiger partial charge in [0.05, 0.1) is 0 Å². The van der Waals surface area contributed by atoms with E-state index in [1.54, 1.807) is 11.1 Å². The zero-order valence-corrected chi connectivity index (χ0v) is 12.3. The fourth-order valence-electron chi connectivity index (χ4n) is 3.16. The SMILES string of the molecule is CC(C)N(CCCO)CC1CCCc2ccccc21. The molecule has 0 heterocycles. The first-order valence-corrected chi connectivity index (χ1v) is 7.65. The molecule has 1 aromatic rings. The molecule has 0 amide bonds. The highest BCUT2D eigenvalue weighted by Crippen LogP contribution is 2.32. The third-order valence-corrected chi connectivity index (χ3v) is 4.28. The Bertz CT molecular complexity index is 389. The molecule has 1 unspecified atom stereocenters. The van der Waals surface area contributed by atoms with Crippen LogP contribution in [-0.2, 0) is 6.42 Å². The van der Waals surface area contributed by atoms with E-state index >= 15 is 0 Å². The highest BCUT2D eigenvalue weighted by molar-refractivity contribution is 5.32. The Kier molecular flexibility index (Phi) is 5.41. The molecule has 2 heteroatoms. The van der Waals surface area contributed by atoms with Crippen molar-refractivity contribution in [1.29, 1.82) is 0 Å². The molecule has 0 bridgehead atoms. The van der Waals surface area contributed by atoms with Gasteiger partial charge in [0, 0.05) is 25.7 Å². The van der Waals surface area contributed by atoms with E-state index in [1.165, 1.54) is 19.3 Å². The number of fused-ring (bicyclic) bond motifs is 1. The monoisotopic (exact) mass is 261 g/mol. The van der Waals surface area contributed by atoms with Crippen molar-refractivity contribution >= 4 is 0 Å². The van der Waals surface area contributed by atoms with Gasteiger partial charge < -0.3 is 10.0 Å². The lowest BCUT2D eigenvalue weighted by Gasteiger charge is -2.33.